The molecule has 0 aliphatic carbocycles. The van der Waals surface area contributed by atoms with Crippen LogP contribution in [0.4, 0.5) is 0 Å². The summed E-state index contributed by atoms with van der Waals surface area (Å²) in [6, 6.07) is 7.60. The lowest BCUT2D eigenvalue weighted by molar-refractivity contribution is -0.126. The highest BCUT2D eigenvalue weighted by Crippen LogP contribution is 2.03. The molecule has 0 aliphatic heterocycles. The van der Waals surface area contributed by atoms with E-state index in [2.05, 4.69) is 17.2 Å². The Morgan fingerprint density at radius 2 is 2.05 bits per heavy atom. The third-order valence-corrected chi connectivity index (χ3v) is 2.58. The summed E-state index contributed by atoms with van der Waals surface area (Å²) in [4.78, 5) is 11.5. The van der Waals surface area contributed by atoms with Crippen LogP contribution in [0.2, 0.25) is 0 Å². The van der Waals surface area contributed by atoms with E-state index >= 15 is 0 Å². The zero-order valence-electron chi connectivity index (χ0n) is 12.2. The number of hydrogen-bond acceptors (Lipinski definition) is 4. The number of carbonyl (C=O) groups excluding carboxylic acids is 1. The Balaban J connectivity index is 2.29. The second kappa shape index (κ2) is 10.9. The summed E-state index contributed by atoms with van der Waals surface area (Å²) in [6.45, 7) is 1.45. The van der Waals surface area contributed by atoms with Crippen molar-refractivity contribution >= 4 is 5.91 Å². The lowest BCUT2D eigenvalue weighted by Gasteiger charge is -2.06. The van der Waals surface area contributed by atoms with Gasteiger partial charge in [0, 0.05) is 25.6 Å². The summed E-state index contributed by atoms with van der Waals surface area (Å²) in [7, 11) is 1.58. The number of nitrogens with one attached hydrogen (secondary N) is 1. The molecule has 0 fully saturated rings. The van der Waals surface area contributed by atoms with Crippen LogP contribution in [0, 0.1) is 11.8 Å². The molecule has 0 radical (unpaired) electrons. The average molecular weight is 291 g/mol. The van der Waals surface area contributed by atoms with Crippen molar-refractivity contribution in [1.29, 1.82) is 0 Å². The summed E-state index contributed by atoms with van der Waals surface area (Å²) in [6.07, 6.45) is 0.473. The molecule has 5 nitrogen and oxygen atoms in total. The maximum Gasteiger partial charge on any atom is 0.246 e. The molecule has 1 aromatic rings. The van der Waals surface area contributed by atoms with Crippen LogP contribution in [0.1, 0.15) is 17.5 Å². The fourth-order valence-electron chi connectivity index (χ4n) is 1.49. The van der Waals surface area contributed by atoms with Gasteiger partial charge >= 0.3 is 0 Å². The van der Waals surface area contributed by atoms with Crippen LogP contribution in [0.25, 0.3) is 0 Å². The highest BCUT2D eigenvalue weighted by Gasteiger charge is 2.01. The van der Waals surface area contributed by atoms with Crippen LogP contribution in [-0.4, -0.2) is 44.6 Å². The molecular formula is C16H21NO4. The molecule has 114 valence electrons. The molecule has 5 heteroatoms. The molecule has 2 N–H and O–H groups in total. The second-order valence-electron chi connectivity index (χ2n) is 4.29. The van der Waals surface area contributed by atoms with Crippen molar-refractivity contribution in [2.24, 2.45) is 0 Å². The monoisotopic (exact) mass is 291 g/mol. The number of aliphatic hydroxyl groups is 1. The maximum absolute atomic E-state index is 11.5. The highest BCUT2D eigenvalue weighted by atomic mass is 16.5. The molecular weight excluding hydrogens is 270 g/mol. The van der Waals surface area contributed by atoms with Crippen LogP contribution >= 0.6 is 0 Å². The van der Waals surface area contributed by atoms with E-state index in [1.54, 1.807) is 7.11 Å². The first-order chi connectivity index (χ1) is 10.3. The summed E-state index contributed by atoms with van der Waals surface area (Å²) in [5.41, 5.74) is 1.88. The third-order valence-electron chi connectivity index (χ3n) is 2.58. The highest BCUT2D eigenvalue weighted by molar-refractivity contribution is 5.77. The van der Waals surface area contributed by atoms with E-state index in [-0.39, 0.29) is 19.1 Å². The molecule has 0 saturated heterocycles. The number of hydrogen-bond donors (Lipinski definition) is 2. The standard InChI is InChI=1S/C16H21NO4/c1-20-10-11-21-13-16(19)17-12-15-7-5-14(6-8-15)4-2-3-9-18/h5-8,18H,3,9-13H2,1H3,(H,17,19). The zero-order chi connectivity index (χ0) is 15.3. The average Bonchev–Trinajstić information content (AvgIpc) is 2.51. The number of aliphatic hydroxyl groups excluding tert-OH is 1. The van der Waals surface area contributed by atoms with Crippen molar-refractivity contribution < 1.29 is 19.4 Å². The number of carbonyl (C=O) groups is 1. The van der Waals surface area contributed by atoms with Crippen molar-refractivity contribution in [2.45, 2.75) is 13.0 Å². The van der Waals surface area contributed by atoms with Crippen molar-refractivity contribution in [3.05, 3.63) is 35.4 Å². The van der Waals surface area contributed by atoms with Gasteiger partial charge in [-0.2, -0.15) is 0 Å². The predicted octanol–water partition coefficient (Wildman–Crippen LogP) is 0.700. The van der Waals surface area contributed by atoms with Gasteiger partial charge in [0.05, 0.1) is 19.8 Å². The van der Waals surface area contributed by atoms with Gasteiger partial charge in [-0.3, -0.25) is 4.79 Å². The van der Waals surface area contributed by atoms with E-state index in [0.717, 1.165) is 11.1 Å². The lowest BCUT2D eigenvalue weighted by atomic mass is 10.1. The Labute approximate surface area is 125 Å². The Bertz CT molecular complexity index is 473. The predicted molar refractivity (Wildman–Crippen MR) is 79.6 cm³/mol. The van der Waals surface area contributed by atoms with Gasteiger partial charge in [0.1, 0.15) is 6.61 Å². The molecule has 1 amide bonds. The molecule has 0 atom stereocenters. The Hall–Kier alpha value is -1.87. The molecule has 1 aromatic carbocycles. The fraction of sp³-hybridized carbons (Fsp3) is 0.438. The first kappa shape index (κ1) is 17.2. The SMILES string of the molecule is COCCOCC(=O)NCc1ccc(C#CCCO)cc1. The normalized spacial score (nSPS) is 9.81. The van der Waals surface area contributed by atoms with E-state index in [9.17, 15) is 4.79 Å². The number of rotatable bonds is 8. The van der Waals surface area contributed by atoms with Gasteiger partial charge in [0.15, 0.2) is 0 Å². The molecule has 0 heterocycles. The van der Waals surface area contributed by atoms with Crippen LogP contribution in [0.5, 0.6) is 0 Å². The minimum Gasteiger partial charge on any atom is -0.395 e. The van der Waals surface area contributed by atoms with Gasteiger partial charge in [-0.05, 0) is 17.7 Å². The molecule has 21 heavy (non-hydrogen) atoms. The van der Waals surface area contributed by atoms with Gasteiger partial charge in [0.2, 0.25) is 5.91 Å². The van der Waals surface area contributed by atoms with Crippen molar-refractivity contribution in [3.8, 4) is 11.8 Å². The van der Waals surface area contributed by atoms with E-state index in [1.165, 1.54) is 0 Å². The second-order valence-corrected chi connectivity index (χ2v) is 4.29. The van der Waals surface area contributed by atoms with E-state index < -0.39 is 0 Å². The van der Waals surface area contributed by atoms with Crippen molar-refractivity contribution in [3.63, 3.8) is 0 Å². The molecule has 0 aliphatic rings. The molecule has 0 unspecified atom stereocenters. The summed E-state index contributed by atoms with van der Waals surface area (Å²) in [5, 5.41) is 11.4. The van der Waals surface area contributed by atoms with Crippen LogP contribution < -0.4 is 5.32 Å². The number of amides is 1. The largest absolute Gasteiger partial charge is 0.395 e. The van der Waals surface area contributed by atoms with Gasteiger partial charge in [0.25, 0.3) is 0 Å². The van der Waals surface area contributed by atoms with Crippen LogP contribution in [0.15, 0.2) is 24.3 Å². The van der Waals surface area contributed by atoms with E-state index in [0.29, 0.717) is 26.2 Å². The van der Waals surface area contributed by atoms with Gasteiger partial charge < -0.3 is 19.9 Å². The first-order valence-corrected chi connectivity index (χ1v) is 6.78. The first-order valence-electron chi connectivity index (χ1n) is 6.78. The zero-order valence-corrected chi connectivity index (χ0v) is 12.2. The summed E-state index contributed by atoms with van der Waals surface area (Å²) in [5.74, 6) is 5.65. The van der Waals surface area contributed by atoms with Gasteiger partial charge in [-0.1, -0.05) is 24.0 Å². The minimum atomic E-state index is -0.155. The van der Waals surface area contributed by atoms with Gasteiger partial charge in [-0.15, -0.1) is 0 Å². The van der Waals surface area contributed by atoms with E-state index in [1.807, 2.05) is 24.3 Å². The number of benzene rings is 1. The topological polar surface area (TPSA) is 67.8 Å². The Morgan fingerprint density at radius 1 is 1.29 bits per heavy atom. The molecule has 0 bridgehead atoms. The van der Waals surface area contributed by atoms with E-state index in [4.69, 9.17) is 14.6 Å². The molecule has 0 saturated carbocycles. The molecule has 0 spiro atoms. The third kappa shape index (κ3) is 8.10. The minimum absolute atomic E-state index is 0.0358. The fourth-order valence-corrected chi connectivity index (χ4v) is 1.49. The van der Waals surface area contributed by atoms with Crippen LogP contribution in [0.3, 0.4) is 0 Å². The maximum atomic E-state index is 11.5. The summed E-state index contributed by atoms with van der Waals surface area (Å²) < 4.78 is 9.94. The quantitative estimate of drug-likeness (QED) is 0.546. The molecule has 1 rings (SSSR count). The lowest BCUT2D eigenvalue weighted by Crippen LogP contribution is -2.27. The molecule has 0 aromatic heterocycles. The summed E-state index contributed by atoms with van der Waals surface area (Å²) >= 11 is 0. The smallest absolute Gasteiger partial charge is 0.246 e. The Morgan fingerprint density at radius 3 is 2.71 bits per heavy atom. The van der Waals surface area contributed by atoms with Crippen molar-refractivity contribution in [1.82, 2.24) is 5.32 Å². The van der Waals surface area contributed by atoms with Gasteiger partial charge in [-0.25, -0.2) is 0 Å². The van der Waals surface area contributed by atoms with Crippen molar-refractivity contribution in [2.75, 3.05) is 33.5 Å². The van der Waals surface area contributed by atoms with Crippen LogP contribution in [-0.2, 0) is 20.8 Å². The Kier molecular flexibility index (Phi) is 8.89. The number of ether oxygens (including phenoxy) is 2. The number of methoxy groups -OCH3 is 1.